The number of benzene rings is 1. The second-order valence-electron chi connectivity index (χ2n) is 6.58. The van der Waals surface area contributed by atoms with Crippen molar-refractivity contribution >= 4 is 35.3 Å². The first-order chi connectivity index (χ1) is 12.1. The van der Waals surface area contributed by atoms with Crippen LogP contribution in [0.3, 0.4) is 0 Å². The SMILES string of the molecule is Cc1cc(S)ccc1Nc1ncc2ccc(=O)n(C3CCCC3)c2n1. The number of hydrogen-bond acceptors (Lipinski definition) is 5. The van der Waals surface area contributed by atoms with Crippen LogP contribution in [0.15, 0.2) is 46.2 Å². The summed E-state index contributed by atoms with van der Waals surface area (Å²) in [5.74, 6) is 0.500. The molecule has 0 radical (unpaired) electrons. The van der Waals surface area contributed by atoms with E-state index in [2.05, 4.69) is 27.9 Å². The third-order valence-corrected chi connectivity index (χ3v) is 5.09. The van der Waals surface area contributed by atoms with Crippen LogP contribution in [-0.4, -0.2) is 14.5 Å². The molecule has 1 aliphatic rings. The number of rotatable bonds is 3. The van der Waals surface area contributed by atoms with Crippen molar-refractivity contribution in [3.63, 3.8) is 0 Å². The maximum Gasteiger partial charge on any atom is 0.252 e. The summed E-state index contributed by atoms with van der Waals surface area (Å²) in [5, 5.41) is 4.15. The molecule has 0 aliphatic heterocycles. The molecule has 3 aromatic rings. The molecule has 6 heteroatoms. The zero-order chi connectivity index (χ0) is 17.4. The molecule has 25 heavy (non-hydrogen) atoms. The number of fused-ring (bicyclic) bond motifs is 1. The Balaban J connectivity index is 1.78. The molecule has 1 saturated carbocycles. The maximum absolute atomic E-state index is 12.5. The van der Waals surface area contributed by atoms with Crippen LogP contribution in [0.25, 0.3) is 11.0 Å². The predicted molar refractivity (Wildman–Crippen MR) is 103 cm³/mol. The fourth-order valence-corrected chi connectivity index (χ4v) is 3.79. The minimum Gasteiger partial charge on any atom is -0.324 e. The summed E-state index contributed by atoms with van der Waals surface area (Å²) in [5.41, 5.74) is 2.72. The molecule has 128 valence electrons. The van der Waals surface area contributed by atoms with E-state index in [9.17, 15) is 4.79 Å². The molecular weight excluding hydrogens is 332 g/mol. The van der Waals surface area contributed by atoms with Gasteiger partial charge in [0.2, 0.25) is 5.95 Å². The molecule has 2 aromatic heterocycles. The van der Waals surface area contributed by atoms with Gasteiger partial charge in [-0.3, -0.25) is 9.36 Å². The molecular formula is C19H20N4OS. The second-order valence-corrected chi connectivity index (χ2v) is 7.09. The van der Waals surface area contributed by atoms with Crippen molar-refractivity contribution in [3.8, 4) is 0 Å². The van der Waals surface area contributed by atoms with Gasteiger partial charge in [0.05, 0.1) is 0 Å². The molecule has 0 amide bonds. The summed E-state index contributed by atoms with van der Waals surface area (Å²) in [4.78, 5) is 22.4. The monoisotopic (exact) mass is 352 g/mol. The summed E-state index contributed by atoms with van der Waals surface area (Å²) in [6, 6.07) is 9.53. The van der Waals surface area contributed by atoms with Crippen LogP contribution < -0.4 is 10.9 Å². The fraction of sp³-hybridized carbons (Fsp3) is 0.316. The summed E-state index contributed by atoms with van der Waals surface area (Å²) < 4.78 is 1.85. The van der Waals surface area contributed by atoms with Crippen molar-refractivity contribution in [2.45, 2.75) is 43.5 Å². The van der Waals surface area contributed by atoms with Gasteiger partial charge in [0, 0.05) is 34.3 Å². The predicted octanol–water partition coefficient (Wildman–Crippen LogP) is 4.25. The van der Waals surface area contributed by atoms with Crippen molar-refractivity contribution < 1.29 is 0 Å². The normalized spacial score (nSPS) is 15.0. The highest BCUT2D eigenvalue weighted by atomic mass is 32.1. The molecule has 5 nitrogen and oxygen atoms in total. The molecule has 4 rings (SSSR count). The minimum absolute atomic E-state index is 0.0136. The highest BCUT2D eigenvalue weighted by molar-refractivity contribution is 7.80. The topological polar surface area (TPSA) is 59.8 Å². The van der Waals surface area contributed by atoms with Crippen LogP contribution in [0.1, 0.15) is 37.3 Å². The second kappa shape index (κ2) is 6.52. The van der Waals surface area contributed by atoms with Gasteiger partial charge in [-0.15, -0.1) is 12.6 Å². The Morgan fingerprint density at radius 1 is 1.20 bits per heavy atom. The Kier molecular flexibility index (Phi) is 4.21. The number of anilines is 2. The van der Waals surface area contributed by atoms with Crippen LogP contribution in [0.2, 0.25) is 0 Å². The molecule has 1 aliphatic carbocycles. The number of aromatic nitrogens is 3. The van der Waals surface area contributed by atoms with Gasteiger partial charge < -0.3 is 5.32 Å². The number of pyridine rings is 1. The number of aryl methyl sites for hydroxylation is 1. The van der Waals surface area contributed by atoms with Crippen molar-refractivity contribution in [2.75, 3.05) is 5.32 Å². The third kappa shape index (κ3) is 3.14. The van der Waals surface area contributed by atoms with Crippen molar-refractivity contribution in [1.29, 1.82) is 0 Å². The number of thiol groups is 1. The molecule has 0 saturated heterocycles. The summed E-state index contributed by atoms with van der Waals surface area (Å²) in [6.07, 6.45) is 6.18. The lowest BCUT2D eigenvalue weighted by molar-refractivity contribution is 0.516. The Labute approximate surface area is 151 Å². The lowest BCUT2D eigenvalue weighted by Crippen LogP contribution is -2.23. The lowest BCUT2D eigenvalue weighted by atomic mass is 10.2. The smallest absolute Gasteiger partial charge is 0.252 e. The van der Waals surface area contributed by atoms with Crippen molar-refractivity contribution in [2.24, 2.45) is 0 Å². The standard InChI is InChI=1S/C19H20N4OS/c1-12-10-15(25)7-8-16(12)21-19-20-11-13-6-9-17(24)23(18(13)22-19)14-4-2-3-5-14/h6-11,14,25H,2-5H2,1H3,(H,20,21,22). The van der Waals surface area contributed by atoms with Gasteiger partial charge in [0.1, 0.15) is 5.65 Å². The Morgan fingerprint density at radius 2 is 2.00 bits per heavy atom. The molecule has 0 spiro atoms. The van der Waals surface area contributed by atoms with E-state index in [-0.39, 0.29) is 11.6 Å². The van der Waals surface area contributed by atoms with E-state index in [1.807, 2.05) is 29.7 Å². The zero-order valence-corrected chi connectivity index (χ0v) is 15.0. The summed E-state index contributed by atoms with van der Waals surface area (Å²) >= 11 is 4.35. The van der Waals surface area contributed by atoms with Crippen LogP contribution in [0.5, 0.6) is 0 Å². The molecule has 1 aromatic carbocycles. The molecule has 2 heterocycles. The van der Waals surface area contributed by atoms with Crippen molar-refractivity contribution in [1.82, 2.24) is 14.5 Å². The number of hydrogen-bond donors (Lipinski definition) is 2. The molecule has 1 N–H and O–H groups in total. The van der Waals surface area contributed by atoms with Gasteiger partial charge in [0.25, 0.3) is 5.56 Å². The third-order valence-electron chi connectivity index (χ3n) is 4.81. The van der Waals surface area contributed by atoms with Gasteiger partial charge in [-0.2, -0.15) is 4.98 Å². The first-order valence-corrected chi connectivity index (χ1v) is 9.01. The highest BCUT2D eigenvalue weighted by Crippen LogP contribution is 2.30. The first-order valence-electron chi connectivity index (χ1n) is 8.57. The lowest BCUT2D eigenvalue weighted by Gasteiger charge is -2.16. The quantitative estimate of drug-likeness (QED) is 0.692. The molecule has 0 atom stereocenters. The highest BCUT2D eigenvalue weighted by Gasteiger charge is 2.20. The maximum atomic E-state index is 12.5. The Morgan fingerprint density at radius 3 is 2.76 bits per heavy atom. The van der Waals surface area contributed by atoms with Gasteiger partial charge in [-0.05, 0) is 49.6 Å². The summed E-state index contributed by atoms with van der Waals surface area (Å²) in [7, 11) is 0. The Bertz CT molecular complexity index is 992. The van der Waals surface area contributed by atoms with Gasteiger partial charge in [0.15, 0.2) is 0 Å². The van der Waals surface area contributed by atoms with E-state index in [1.165, 1.54) is 12.8 Å². The average molecular weight is 352 g/mol. The van der Waals surface area contributed by atoms with E-state index >= 15 is 0 Å². The van der Waals surface area contributed by atoms with E-state index in [0.29, 0.717) is 11.6 Å². The van der Waals surface area contributed by atoms with E-state index in [0.717, 1.165) is 34.4 Å². The van der Waals surface area contributed by atoms with Crippen LogP contribution in [0.4, 0.5) is 11.6 Å². The van der Waals surface area contributed by atoms with Gasteiger partial charge in [-0.25, -0.2) is 4.98 Å². The molecule has 0 bridgehead atoms. The van der Waals surface area contributed by atoms with E-state index < -0.39 is 0 Å². The van der Waals surface area contributed by atoms with Crippen LogP contribution in [-0.2, 0) is 0 Å². The van der Waals surface area contributed by atoms with E-state index in [1.54, 1.807) is 18.3 Å². The van der Waals surface area contributed by atoms with E-state index in [4.69, 9.17) is 0 Å². The van der Waals surface area contributed by atoms with Crippen molar-refractivity contribution in [3.05, 3.63) is 52.4 Å². The summed E-state index contributed by atoms with van der Waals surface area (Å²) in [6.45, 7) is 2.01. The average Bonchev–Trinajstić information content (AvgIpc) is 3.11. The Hall–Kier alpha value is -2.34. The van der Waals surface area contributed by atoms with Crippen LogP contribution >= 0.6 is 12.6 Å². The van der Waals surface area contributed by atoms with Gasteiger partial charge in [-0.1, -0.05) is 12.8 Å². The fourth-order valence-electron chi connectivity index (χ4n) is 3.52. The molecule has 1 fully saturated rings. The number of nitrogens with zero attached hydrogens (tertiary/aromatic N) is 3. The van der Waals surface area contributed by atoms with Gasteiger partial charge >= 0.3 is 0 Å². The largest absolute Gasteiger partial charge is 0.324 e. The minimum atomic E-state index is 0.0136. The number of nitrogens with one attached hydrogen (secondary N) is 1. The molecule has 0 unspecified atom stereocenters. The van der Waals surface area contributed by atoms with Crippen LogP contribution in [0, 0.1) is 6.92 Å². The zero-order valence-electron chi connectivity index (χ0n) is 14.1. The first kappa shape index (κ1) is 16.1.